The summed E-state index contributed by atoms with van der Waals surface area (Å²) in [5, 5.41) is 9.12. The van der Waals surface area contributed by atoms with Gasteiger partial charge in [0, 0.05) is 24.5 Å². The fourth-order valence-corrected chi connectivity index (χ4v) is 3.96. The molecule has 1 aliphatic carbocycles. The van der Waals surface area contributed by atoms with E-state index in [0.29, 0.717) is 36.2 Å². The van der Waals surface area contributed by atoms with Crippen molar-refractivity contribution >= 4 is 29.0 Å². The third kappa shape index (κ3) is 4.64. The summed E-state index contributed by atoms with van der Waals surface area (Å²) < 4.78 is 66.0. The minimum atomic E-state index is -4.53. The van der Waals surface area contributed by atoms with Crippen LogP contribution >= 0.6 is 11.6 Å². The first-order valence-corrected chi connectivity index (χ1v) is 10.1. The highest BCUT2D eigenvalue weighted by Crippen LogP contribution is 2.30. The van der Waals surface area contributed by atoms with Crippen LogP contribution < -0.4 is 10.6 Å². The van der Waals surface area contributed by atoms with E-state index in [4.69, 9.17) is 11.6 Å². The summed E-state index contributed by atoms with van der Waals surface area (Å²) in [7, 11) is 0. The Labute approximate surface area is 183 Å². The van der Waals surface area contributed by atoms with E-state index in [1.165, 1.54) is 10.5 Å². The van der Waals surface area contributed by atoms with Crippen molar-refractivity contribution in [3.63, 3.8) is 0 Å². The average Bonchev–Trinajstić information content (AvgIpc) is 3.34. The molecule has 4 rings (SSSR count). The second-order valence-corrected chi connectivity index (χ2v) is 7.88. The first-order valence-electron chi connectivity index (χ1n) is 9.77. The number of carbonyl (C=O) groups excluding carboxylic acids is 1. The Hall–Kier alpha value is -2.89. The lowest BCUT2D eigenvalue weighted by Crippen LogP contribution is -2.40. The lowest BCUT2D eigenvalue weighted by Gasteiger charge is -2.30. The van der Waals surface area contributed by atoms with Crippen LogP contribution in [0.2, 0.25) is 5.15 Å². The van der Waals surface area contributed by atoms with Crippen molar-refractivity contribution in [3.8, 4) is 0 Å². The number of nitrogens with one attached hydrogen (secondary N) is 2. The Balaban J connectivity index is 1.36. The summed E-state index contributed by atoms with van der Waals surface area (Å²) in [6, 6.07) is 4.59. The largest absolute Gasteiger partial charge is 0.434 e. The summed E-state index contributed by atoms with van der Waals surface area (Å²) >= 11 is 5.78. The van der Waals surface area contributed by atoms with Gasteiger partial charge < -0.3 is 10.6 Å². The van der Waals surface area contributed by atoms with Crippen molar-refractivity contribution in [1.29, 1.82) is 0 Å². The van der Waals surface area contributed by atoms with Gasteiger partial charge in [0.2, 0.25) is 0 Å². The highest BCUT2D eigenvalue weighted by Gasteiger charge is 2.34. The molecule has 0 aromatic carbocycles. The number of imidazole rings is 1. The van der Waals surface area contributed by atoms with E-state index in [0.717, 1.165) is 12.4 Å². The number of hydrogen-bond donors (Lipinski definition) is 2. The fraction of sp³-hybridized carbons (Fsp3) is 0.421. The van der Waals surface area contributed by atoms with Gasteiger partial charge in [-0.05, 0) is 37.8 Å². The molecule has 0 atom stereocenters. The van der Waals surface area contributed by atoms with Crippen LogP contribution in [0, 0.1) is 0 Å². The summed E-state index contributed by atoms with van der Waals surface area (Å²) in [6.45, 7) is -2.90. The van der Waals surface area contributed by atoms with Crippen LogP contribution in [-0.4, -0.2) is 37.2 Å². The molecule has 0 bridgehead atoms. The Morgan fingerprint density at radius 3 is 2.44 bits per heavy atom. The third-order valence-corrected chi connectivity index (χ3v) is 5.61. The van der Waals surface area contributed by atoms with E-state index in [9.17, 15) is 26.7 Å². The Morgan fingerprint density at radius 1 is 1.12 bits per heavy atom. The van der Waals surface area contributed by atoms with Crippen LogP contribution in [0.4, 0.5) is 27.8 Å². The first kappa shape index (κ1) is 22.3. The number of amides is 1. The SMILES string of the molecule is O=C(N[C@H]1CC[C@@H](Nc2cccc3nc(C(F)(F)F)cn23)CC1)c1cn(C(F)F)nc1Cl. The van der Waals surface area contributed by atoms with Crippen molar-refractivity contribution in [3.05, 3.63) is 47.0 Å². The van der Waals surface area contributed by atoms with E-state index in [-0.39, 0.29) is 28.4 Å². The minimum absolute atomic E-state index is 0.0179. The van der Waals surface area contributed by atoms with Crippen LogP contribution in [0.5, 0.6) is 0 Å². The van der Waals surface area contributed by atoms with Gasteiger partial charge in [-0.3, -0.25) is 9.20 Å². The predicted octanol–water partition coefficient (Wildman–Crippen LogP) is 4.75. The third-order valence-electron chi connectivity index (χ3n) is 5.33. The zero-order chi connectivity index (χ0) is 23.0. The molecule has 1 fully saturated rings. The van der Waals surface area contributed by atoms with Gasteiger partial charge >= 0.3 is 12.7 Å². The molecule has 3 heterocycles. The molecule has 32 heavy (non-hydrogen) atoms. The maximum Gasteiger partial charge on any atom is 0.434 e. The van der Waals surface area contributed by atoms with Crippen LogP contribution in [0.1, 0.15) is 48.3 Å². The number of halogens is 6. The lowest BCUT2D eigenvalue weighted by molar-refractivity contribution is -0.140. The van der Waals surface area contributed by atoms with Crippen molar-refractivity contribution in [2.75, 3.05) is 5.32 Å². The Morgan fingerprint density at radius 2 is 1.81 bits per heavy atom. The maximum absolute atomic E-state index is 13.0. The number of pyridine rings is 1. The monoisotopic (exact) mass is 476 g/mol. The molecular weight excluding hydrogens is 459 g/mol. The van der Waals surface area contributed by atoms with E-state index < -0.39 is 24.3 Å². The first-order chi connectivity index (χ1) is 15.1. The number of nitrogens with zero attached hydrogens (tertiary/aromatic N) is 4. The number of anilines is 1. The molecular formula is C19H18ClF5N6O. The molecule has 1 saturated carbocycles. The summed E-state index contributed by atoms with van der Waals surface area (Å²) in [4.78, 5) is 16.0. The highest BCUT2D eigenvalue weighted by atomic mass is 35.5. The zero-order valence-corrected chi connectivity index (χ0v) is 17.2. The van der Waals surface area contributed by atoms with Gasteiger partial charge in [-0.25, -0.2) is 9.67 Å². The van der Waals surface area contributed by atoms with E-state index in [1.54, 1.807) is 12.1 Å². The van der Waals surface area contributed by atoms with Gasteiger partial charge in [0.05, 0.1) is 5.56 Å². The van der Waals surface area contributed by atoms with Crippen LogP contribution in [0.15, 0.2) is 30.6 Å². The second kappa shape index (κ2) is 8.57. The van der Waals surface area contributed by atoms with Crippen LogP contribution in [0.3, 0.4) is 0 Å². The normalized spacial score (nSPS) is 19.5. The standard InChI is InChI=1S/C19H18ClF5N6O/c20-16-12(8-31(29-16)18(21)22)17(32)27-11-6-4-10(5-7-11)26-14-2-1-3-15-28-13(9-30(14)15)19(23,24)25/h1-3,8-11,18,26H,4-7H2,(H,27,32)/t10-,11+. The molecule has 3 aromatic rings. The Bertz CT molecular complexity index is 1120. The summed E-state index contributed by atoms with van der Waals surface area (Å²) in [5.41, 5.74) is -0.907. The minimum Gasteiger partial charge on any atom is -0.368 e. The van der Waals surface area contributed by atoms with Gasteiger partial charge in [-0.1, -0.05) is 17.7 Å². The van der Waals surface area contributed by atoms with Gasteiger partial charge in [-0.2, -0.15) is 27.1 Å². The topological polar surface area (TPSA) is 76.2 Å². The number of hydrogen-bond acceptors (Lipinski definition) is 4. The average molecular weight is 477 g/mol. The predicted molar refractivity (Wildman–Crippen MR) is 106 cm³/mol. The maximum atomic E-state index is 13.0. The molecule has 13 heteroatoms. The molecule has 0 unspecified atom stereocenters. The van der Waals surface area contributed by atoms with Crippen LogP contribution in [-0.2, 0) is 6.18 Å². The smallest absolute Gasteiger partial charge is 0.368 e. The molecule has 0 aliphatic heterocycles. The van der Waals surface area contributed by atoms with Crippen molar-refractivity contribution in [2.45, 2.75) is 50.5 Å². The molecule has 172 valence electrons. The molecule has 3 aromatic heterocycles. The highest BCUT2D eigenvalue weighted by molar-refractivity contribution is 6.32. The summed E-state index contributed by atoms with van der Waals surface area (Å²) in [5.74, 6) is -0.0923. The quantitative estimate of drug-likeness (QED) is 0.521. The van der Waals surface area contributed by atoms with Crippen molar-refractivity contribution in [1.82, 2.24) is 24.5 Å². The molecule has 7 nitrogen and oxygen atoms in total. The summed E-state index contributed by atoms with van der Waals surface area (Å²) in [6.07, 6.45) is -0.203. The molecule has 2 N–H and O–H groups in total. The van der Waals surface area contributed by atoms with Crippen LogP contribution in [0.25, 0.3) is 5.65 Å². The second-order valence-electron chi connectivity index (χ2n) is 7.52. The van der Waals surface area contributed by atoms with Gasteiger partial charge in [0.25, 0.3) is 5.91 Å². The molecule has 0 radical (unpaired) electrons. The van der Waals surface area contributed by atoms with Crippen molar-refractivity contribution in [2.24, 2.45) is 0 Å². The van der Waals surface area contributed by atoms with Crippen molar-refractivity contribution < 1.29 is 26.7 Å². The Kier molecular flexibility index (Phi) is 5.97. The number of fused-ring (bicyclic) bond motifs is 1. The molecule has 0 saturated heterocycles. The van der Waals surface area contributed by atoms with E-state index in [1.807, 2.05) is 0 Å². The zero-order valence-electron chi connectivity index (χ0n) is 16.4. The lowest BCUT2D eigenvalue weighted by atomic mass is 9.91. The van der Waals surface area contributed by atoms with Gasteiger partial charge in [0.1, 0.15) is 11.5 Å². The number of aromatic nitrogens is 4. The molecule has 1 aliphatic rings. The van der Waals surface area contributed by atoms with Gasteiger partial charge in [-0.15, -0.1) is 0 Å². The van der Waals surface area contributed by atoms with Gasteiger partial charge in [0.15, 0.2) is 10.8 Å². The number of alkyl halides is 5. The molecule has 1 amide bonds. The fourth-order valence-electron chi connectivity index (χ4n) is 3.74. The van der Waals surface area contributed by atoms with E-state index in [2.05, 4.69) is 20.7 Å². The number of rotatable bonds is 5. The number of carbonyl (C=O) groups is 1. The molecule has 0 spiro atoms. The van der Waals surface area contributed by atoms with E-state index >= 15 is 0 Å².